The molecule has 0 rings (SSSR count). The minimum absolute atomic E-state index is 0. The Morgan fingerprint density at radius 1 is 1.00 bits per heavy atom. The minimum atomic E-state index is -0.125. The fourth-order valence-electron chi connectivity index (χ4n) is 0. The number of rotatable bonds is 1. The van der Waals surface area contributed by atoms with Crippen LogP contribution in [-0.2, 0) is 17.1 Å². The van der Waals surface area contributed by atoms with Crippen molar-refractivity contribution in [3.05, 3.63) is 0 Å². The van der Waals surface area contributed by atoms with Gasteiger partial charge in [-0.3, -0.25) is 0 Å². The van der Waals surface area contributed by atoms with E-state index in [-0.39, 0.29) is 30.3 Å². The van der Waals surface area contributed by atoms with Crippen LogP contribution in [0.15, 0.2) is 0 Å². The molecule has 0 atom stereocenters. The van der Waals surface area contributed by atoms with Crippen molar-refractivity contribution in [2.24, 2.45) is 0 Å². The Morgan fingerprint density at radius 2 is 1.20 bits per heavy atom. The van der Waals surface area contributed by atoms with Gasteiger partial charge in [-0.15, -0.1) is 0 Å². The molecule has 0 heterocycles. The maximum atomic E-state index is 7.62. The molecule has 0 spiro atoms. The molecule has 0 saturated heterocycles. The molecular weight excluding hydrogens is 112 g/mol. The summed E-state index contributed by atoms with van der Waals surface area (Å²) in [6, 6.07) is 0. The van der Waals surface area contributed by atoms with Crippen molar-refractivity contribution in [1.82, 2.24) is 0 Å². The van der Waals surface area contributed by atoms with E-state index in [1.807, 2.05) is 0 Å². The van der Waals surface area contributed by atoms with Gasteiger partial charge < -0.3 is 10.2 Å². The van der Waals surface area contributed by atoms with E-state index in [2.05, 4.69) is 0 Å². The molecular formula is C2H6FeO2. The second kappa shape index (κ2) is 8.83. The summed E-state index contributed by atoms with van der Waals surface area (Å²) in [5, 5.41) is 15.2. The van der Waals surface area contributed by atoms with Crippen molar-refractivity contribution in [1.29, 1.82) is 0 Å². The molecule has 0 aromatic heterocycles. The van der Waals surface area contributed by atoms with Crippen LogP contribution in [0.4, 0.5) is 0 Å². The van der Waals surface area contributed by atoms with Crippen LogP contribution in [0.5, 0.6) is 0 Å². The Kier molecular flexibility index (Phi) is 16.0. The zero-order valence-corrected chi connectivity index (χ0v) is 3.77. The van der Waals surface area contributed by atoms with Crippen LogP contribution in [-0.4, -0.2) is 23.4 Å². The first-order valence-corrected chi connectivity index (χ1v) is 1.13. The van der Waals surface area contributed by atoms with Crippen molar-refractivity contribution < 1.29 is 27.3 Å². The first-order valence-electron chi connectivity index (χ1n) is 1.13. The van der Waals surface area contributed by atoms with E-state index in [0.29, 0.717) is 0 Å². The van der Waals surface area contributed by atoms with Gasteiger partial charge in [-0.2, -0.15) is 0 Å². The molecule has 5 heavy (non-hydrogen) atoms. The molecule has 2 nitrogen and oxygen atoms in total. The van der Waals surface area contributed by atoms with E-state index in [1.54, 1.807) is 0 Å². The maximum absolute atomic E-state index is 7.62. The fourth-order valence-corrected chi connectivity index (χ4v) is 0. The predicted molar refractivity (Wildman–Crippen MR) is 14.2 cm³/mol. The number of hydrogen-bond acceptors (Lipinski definition) is 2. The molecule has 34 valence electrons. The molecule has 0 radical (unpaired) electrons. The Morgan fingerprint density at radius 3 is 1.20 bits per heavy atom. The average Bonchev–Trinajstić information content (AvgIpc) is 1.37. The van der Waals surface area contributed by atoms with Crippen LogP contribution >= 0.6 is 0 Å². The maximum Gasteiger partial charge on any atom is 0.0662 e. The minimum Gasteiger partial charge on any atom is -0.394 e. The van der Waals surface area contributed by atoms with Crippen molar-refractivity contribution in [3.8, 4) is 0 Å². The smallest absolute Gasteiger partial charge is 0.0662 e. The van der Waals surface area contributed by atoms with Crippen LogP contribution in [0.2, 0.25) is 0 Å². The zero-order chi connectivity index (χ0) is 3.41. The molecule has 3 heteroatoms. The van der Waals surface area contributed by atoms with Gasteiger partial charge in [0.1, 0.15) is 0 Å². The Hall–Kier alpha value is 0.439. The number of aliphatic hydroxyl groups is 2. The standard InChI is InChI=1S/C2H6O2.Fe/c3-1-2-4;/h3-4H,1-2H2;. The van der Waals surface area contributed by atoms with E-state index in [9.17, 15) is 0 Å². The first kappa shape index (κ1) is 9.06. The SMILES string of the molecule is OCCO.[Fe]. The van der Waals surface area contributed by atoms with E-state index >= 15 is 0 Å². The number of hydrogen-bond donors (Lipinski definition) is 2. The van der Waals surface area contributed by atoms with Crippen LogP contribution in [0.3, 0.4) is 0 Å². The molecule has 0 fully saturated rings. The van der Waals surface area contributed by atoms with Gasteiger partial charge in [0.25, 0.3) is 0 Å². The molecule has 0 unspecified atom stereocenters. The van der Waals surface area contributed by atoms with Crippen LogP contribution in [0.25, 0.3) is 0 Å². The molecule has 0 aliphatic heterocycles. The summed E-state index contributed by atoms with van der Waals surface area (Å²) in [7, 11) is 0. The second-order valence-corrected chi connectivity index (χ2v) is 0.447. The van der Waals surface area contributed by atoms with Gasteiger partial charge in [0.2, 0.25) is 0 Å². The summed E-state index contributed by atoms with van der Waals surface area (Å²) in [4.78, 5) is 0. The Bertz CT molecular complexity index is 9.61. The fraction of sp³-hybridized carbons (Fsp3) is 1.00. The molecule has 0 aliphatic rings. The third-order valence-electron chi connectivity index (χ3n) is 0.1000. The molecule has 0 aliphatic carbocycles. The van der Waals surface area contributed by atoms with Gasteiger partial charge in [-0.05, 0) is 0 Å². The predicted octanol–water partition coefficient (Wildman–Crippen LogP) is -1.03. The van der Waals surface area contributed by atoms with Crippen LogP contribution < -0.4 is 0 Å². The molecule has 2 N–H and O–H groups in total. The largest absolute Gasteiger partial charge is 0.394 e. The summed E-state index contributed by atoms with van der Waals surface area (Å²) in [5.41, 5.74) is 0. The van der Waals surface area contributed by atoms with E-state index in [4.69, 9.17) is 10.2 Å². The summed E-state index contributed by atoms with van der Waals surface area (Å²) >= 11 is 0. The third-order valence-corrected chi connectivity index (χ3v) is 0.1000. The van der Waals surface area contributed by atoms with Gasteiger partial charge >= 0.3 is 0 Å². The normalized spacial score (nSPS) is 6.00. The Labute approximate surface area is 41.3 Å². The van der Waals surface area contributed by atoms with Crippen molar-refractivity contribution in [2.75, 3.05) is 13.2 Å². The molecule has 0 aromatic carbocycles. The van der Waals surface area contributed by atoms with Crippen LogP contribution in [0, 0.1) is 0 Å². The molecule has 0 amide bonds. The van der Waals surface area contributed by atoms with E-state index in [0.717, 1.165) is 0 Å². The second-order valence-electron chi connectivity index (χ2n) is 0.447. The van der Waals surface area contributed by atoms with Crippen molar-refractivity contribution >= 4 is 0 Å². The monoisotopic (exact) mass is 118 g/mol. The molecule has 0 saturated carbocycles. The van der Waals surface area contributed by atoms with Gasteiger partial charge in [-0.1, -0.05) is 0 Å². The van der Waals surface area contributed by atoms with Crippen molar-refractivity contribution in [3.63, 3.8) is 0 Å². The first-order chi connectivity index (χ1) is 1.91. The van der Waals surface area contributed by atoms with Gasteiger partial charge in [-0.25, -0.2) is 0 Å². The zero-order valence-electron chi connectivity index (χ0n) is 2.66. The quantitative estimate of drug-likeness (QED) is 0.432. The average molecular weight is 118 g/mol. The van der Waals surface area contributed by atoms with Crippen molar-refractivity contribution in [2.45, 2.75) is 0 Å². The summed E-state index contributed by atoms with van der Waals surface area (Å²) < 4.78 is 0. The van der Waals surface area contributed by atoms with E-state index in [1.165, 1.54) is 0 Å². The summed E-state index contributed by atoms with van der Waals surface area (Å²) in [6.45, 7) is -0.250. The van der Waals surface area contributed by atoms with E-state index < -0.39 is 0 Å². The Balaban J connectivity index is 0. The van der Waals surface area contributed by atoms with Crippen LogP contribution in [0.1, 0.15) is 0 Å². The number of aliphatic hydroxyl groups excluding tert-OH is 2. The topological polar surface area (TPSA) is 40.5 Å². The molecule has 0 bridgehead atoms. The van der Waals surface area contributed by atoms with Gasteiger partial charge in [0.05, 0.1) is 13.2 Å². The molecule has 0 aromatic rings. The summed E-state index contributed by atoms with van der Waals surface area (Å²) in [5.74, 6) is 0. The van der Waals surface area contributed by atoms with Gasteiger partial charge in [0.15, 0.2) is 0 Å². The summed E-state index contributed by atoms with van der Waals surface area (Å²) in [6.07, 6.45) is 0. The van der Waals surface area contributed by atoms with Gasteiger partial charge in [0, 0.05) is 17.1 Å². The third kappa shape index (κ3) is 12.8.